The molecule has 10 heteroatoms. The molecule has 0 bridgehead atoms. The Kier molecular flexibility index (Phi) is 7.29. The molecule has 1 aromatic heterocycles. The third kappa shape index (κ3) is 5.13. The first-order chi connectivity index (χ1) is 16.5. The molecule has 0 saturated heterocycles. The van der Waals surface area contributed by atoms with Crippen molar-refractivity contribution in [1.82, 2.24) is 20.4 Å². The highest BCUT2D eigenvalue weighted by atomic mass is 79.9. The minimum Gasteiger partial charge on any atom is -0.495 e. The summed E-state index contributed by atoms with van der Waals surface area (Å²) in [6, 6.07) is 20.8. The highest BCUT2D eigenvalue weighted by Crippen LogP contribution is 2.27. The third-order valence-corrected chi connectivity index (χ3v) is 6.29. The molecule has 0 atom stereocenters. The van der Waals surface area contributed by atoms with Gasteiger partial charge >= 0.3 is 0 Å². The average Bonchev–Trinajstić information content (AvgIpc) is 2.86. The Morgan fingerprint density at radius 1 is 1.00 bits per heavy atom. The number of aromatic nitrogens is 2. The van der Waals surface area contributed by atoms with Gasteiger partial charge in [-0.3, -0.25) is 29.8 Å². The van der Waals surface area contributed by atoms with Gasteiger partial charge in [0, 0.05) is 10.0 Å². The van der Waals surface area contributed by atoms with Crippen molar-refractivity contribution in [3.8, 4) is 11.4 Å². The molecule has 0 radical (unpaired) electrons. The summed E-state index contributed by atoms with van der Waals surface area (Å²) in [6.45, 7) is 0. The molecular weight excluding hydrogens is 520 g/mol. The summed E-state index contributed by atoms with van der Waals surface area (Å²) in [5.74, 6) is -0.486. The van der Waals surface area contributed by atoms with Crippen LogP contribution in [0.3, 0.4) is 0 Å². The van der Waals surface area contributed by atoms with Gasteiger partial charge in [-0.05, 0) is 48.5 Å². The van der Waals surface area contributed by atoms with Crippen LogP contribution < -0.4 is 21.1 Å². The number of methoxy groups -OCH3 is 1. The fraction of sp³-hybridized carbons (Fsp3) is 0.0833. The van der Waals surface area contributed by atoms with E-state index < -0.39 is 11.8 Å². The van der Waals surface area contributed by atoms with Crippen molar-refractivity contribution in [3.05, 3.63) is 93.2 Å². The second-order valence-electron chi connectivity index (χ2n) is 7.02. The molecule has 8 nitrogen and oxygen atoms in total. The van der Waals surface area contributed by atoms with Crippen LogP contribution in [0.2, 0.25) is 0 Å². The smallest absolute Gasteiger partial charge is 0.269 e. The summed E-state index contributed by atoms with van der Waals surface area (Å²) in [5, 5.41) is 0.770. The van der Waals surface area contributed by atoms with Gasteiger partial charge in [-0.25, -0.2) is 4.98 Å². The first kappa shape index (κ1) is 23.5. The maximum absolute atomic E-state index is 13.4. The maximum Gasteiger partial charge on any atom is 0.269 e. The predicted molar refractivity (Wildman–Crippen MR) is 134 cm³/mol. The molecule has 2 N–H and O–H groups in total. The van der Waals surface area contributed by atoms with Gasteiger partial charge < -0.3 is 4.74 Å². The van der Waals surface area contributed by atoms with E-state index in [0.717, 1.165) is 16.2 Å². The molecule has 1 heterocycles. The third-order valence-electron chi connectivity index (χ3n) is 4.83. The number of fused-ring (bicyclic) bond motifs is 1. The SMILES string of the molecule is COc1ccccc1-n1c(SCC(=O)NNC(=O)c2ccc(Br)cc2)nc2ccccc2c1=O. The Morgan fingerprint density at radius 2 is 1.71 bits per heavy atom. The molecule has 0 saturated carbocycles. The standard InChI is InChI=1S/C24H19BrN4O4S/c1-33-20-9-5-4-8-19(20)29-23(32)17-6-2-3-7-18(17)26-24(29)34-14-21(30)27-28-22(31)15-10-12-16(25)13-11-15/h2-13H,14H2,1H3,(H,27,30)(H,28,31). The number of ether oxygens (including phenoxy) is 1. The summed E-state index contributed by atoms with van der Waals surface area (Å²) in [7, 11) is 1.52. The molecule has 34 heavy (non-hydrogen) atoms. The molecule has 0 aliphatic carbocycles. The van der Waals surface area contributed by atoms with Gasteiger partial charge in [0.2, 0.25) is 5.91 Å². The van der Waals surface area contributed by atoms with Crippen LogP contribution in [-0.2, 0) is 4.79 Å². The van der Waals surface area contributed by atoms with Crippen LogP contribution in [0.25, 0.3) is 16.6 Å². The molecule has 172 valence electrons. The highest BCUT2D eigenvalue weighted by Gasteiger charge is 2.17. The first-order valence-corrected chi connectivity index (χ1v) is 11.9. The van der Waals surface area contributed by atoms with E-state index in [1.165, 1.54) is 11.7 Å². The number of amides is 2. The number of nitrogens with zero attached hydrogens (tertiary/aromatic N) is 2. The van der Waals surface area contributed by atoms with Crippen LogP contribution in [0, 0.1) is 0 Å². The second-order valence-corrected chi connectivity index (χ2v) is 8.88. The van der Waals surface area contributed by atoms with Crippen LogP contribution in [0.15, 0.2) is 87.2 Å². The van der Waals surface area contributed by atoms with Crippen molar-refractivity contribution < 1.29 is 14.3 Å². The number of hydrazine groups is 1. The second kappa shape index (κ2) is 10.5. The molecule has 0 spiro atoms. The number of hydrogen-bond donors (Lipinski definition) is 2. The van der Waals surface area contributed by atoms with Crippen molar-refractivity contribution in [2.45, 2.75) is 5.16 Å². The molecule has 0 fully saturated rings. The number of carbonyl (C=O) groups excluding carboxylic acids is 2. The van der Waals surface area contributed by atoms with E-state index in [-0.39, 0.29) is 11.3 Å². The lowest BCUT2D eigenvalue weighted by Gasteiger charge is -2.15. The lowest BCUT2D eigenvalue weighted by atomic mass is 10.2. The van der Waals surface area contributed by atoms with E-state index in [1.807, 2.05) is 0 Å². The van der Waals surface area contributed by atoms with Gasteiger partial charge in [0.15, 0.2) is 5.16 Å². The van der Waals surface area contributed by atoms with Gasteiger partial charge in [-0.15, -0.1) is 0 Å². The number of halogens is 1. The van der Waals surface area contributed by atoms with Gasteiger partial charge in [0.1, 0.15) is 5.75 Å². The number of hydrogen-bond acceptors (Lipinski definition) is 6. The summed E-state index contributed by atoms with van der Waals surface area (Å²) >= 11 is 4.38. The number of thioether (sulfide) groups is 1. The molecule has 4 aromatic rings. The van der Waals surface area contributed by atoms with E-state index in [4.69, 9.17) is 4.74 Å². The predicted octanol–water partition coefficient (Wildman–Crippen LogP) is 3.71. The molecule has 4 rings (SSSR count). The Labute approximate surface area is 207 Å². The van der Waals surface area contributed by atoms with Crippen LogP contribution in [-0.4, -0.2) is 34.2 Å². The zero-order valence-corrected chi connectivity index (χ0v) is 20.4. The van der Waals surface area contributed by atoms with Gasteiger partial charge in [-0.1, -0.05) is 52.0 Å². The average molecular weight is 539 g/mol. The topological polar surface area (TPSA) is 102 Å². The first-order valence-electron chi connectivity index (χ1n) is 10.1. The summed E-state index contributed by atoms with van der Waals surface area (Å²) in [4.78, 5) is 42.6. The Balaban J connectivity index is 1.56. The van der Waals surface area contributed by atoms with Crippen molar-refractivity contribution in [3.63, 3.8) is 0 Å². The Bertz CT molecular complexity index is 1420. The summed E-state index contributed by atoms with van der Waals surface area (Å²) in [5.41, 5.74) is 5.93. The zero-order valence-electron chi connectivity index (χ0n) is 17.9. The molecule has 2 amide bonds. The van der Waals surface area contributed by atoms with Gasteiger partial charge in [0.25, 0.3) is 11.5 Å². The lowest BCUT2D eigenvalue weighted by molar-refractivity contribution is -0.119. The fourth-order valence-corrected chi connectivity index (χ4v) is 4.27. The van der Waals surface area contributed by atoms with Crippen molar-refractivity contribution >= 4 is 50.4 Å². The summed E-state index contributed by atoms with van der Waals surface area (Å²) < 4.78 is 7.71. The number of benzene rings is 3. The van der Waals surface area contributed by atoms with E-state index in [9.17, 15) is 14.4 Å². The number of rotatable bonds is 6. The quantitative estimate of drug-likeness (QED) is 0.220. The molecule has 0 aliphatic rings. The lowest BCUT2D eigenvalue weighted by Crippen LogP contribution is -2.42. The van der Waals surface area contributed by atoms with Crippen molar-refractivity contribution in [1.29, 1.82) is 0 Å². The molecule has 0 unspecified atom stereocenters. The minimum atomic E-state index is -0.454. The number of para-hydroxylation sites is 3. The van der Waals surface area contributed by atoms with Gasteiger partial charge in [-0.2, -0.15) is 0 Å². The summed E-state index contributed by atoms with van der Waals surface area (Å²) in [6.07, 6.45) is 0. The van der Waals surface area contributed by atoms with E-state index in [1.54, 1.807) is 72.8 Å². The van der Waals surface area contributed by atoms with E-state index in [2.05, 4.69) is 31.8 Å². The van der Waals surface area contributed by atoms with Crippen LogP contribution in [0.1, 0.15) is 10.4 Å². The normalized spacial score (nSPS) is 10.6. The maximum atomic E-state index is 13.4. The molecule has 3 aromatic carbocycles. The number of nitrogens with one attached hydrogen (secondary N) is 2. The Hall–Kier alpha value is -3.63. The highest BCUT2D eigenvalue weighted by molar-refractivity contribution is 9.10. The van der Waals surface area contributed by atoms with E-state index >= 15 is 0 Å². The zero-order chi connectivity index (χ0) is 24.1. The largest absolute Gasteiger partial charge is 0.495 e. The Morgan fingerprint density at radius 3 is 2.47 bits per heavy atom. The van der Waals surface area contributed by atoms with Crippen molar-refractivity contribution in [2.75, 3.05) is 12.9 Å². The minimum absolute atomic E-state index is 0.0828. The van der Waals surface area contributed by atoms with Gasteiger partial charge in [0.05, 0.1) is 29.5 Å². The van der Waals surface area contributed by atoms with Crippen molar-refractivity contribution in [2.24, 2.45) is 0 Å². The van der Waals surface area contributed by atoms with E-state index in [0.29, 0.717) is 33.1 Å². The molecule has 0 aliphatic heterocycles. The van der Waals surface area contributed by atoms with Crippen LogP contribution in [0.5, 0.6) is 5.75 Å². The number of carbonyl (C=O) groups is 2. The fourth-order valence-electron chi connectivity index (χ4n) is 3.20. The van der Waals surface area contributed by atoms with Crippen LogP contribution >= 0.6 is 27.7 Å². The monoisotopic (exact) mass is 538 g/mol. The molecular formula is C24H19BrN4O4S. The van der Waals surface area contributed by atoms with Crippen LogP contribution in [0.4, 0.5) is 0 Å².